The van der Waals surface area contributed by atoms with Gasteiger partial charge >= 0.3 is 0 Å². The van der Waals surface area contributed by atoms with E-state index < -0.39 is 0 Å². The average molecular weight is 328 g/mol. The first-order valence-electron chi connectivity index (χ1n) is 7.63. The molecule has 0 spiro atoms. The van der Waals surface area contributed by atoms with Crippen LogP contribution in [0.25, 0.3) is 22.3 Å². The topological polar surface area (TPSA) is 49.0 Å². The van der Waals surface area contributed by atoms with Gasteiger partial charge in [0.1, 0.15) is 5.82 Å². The van der Waals surface area contributed by atoms with Crippen LogP contribution in [0.3, 0.4) is 0 Å². The fourth-order valence-electron chi connectivity index (χ4n) is 2.63. The van der Waals surface area contributed by atoms with Crippen LogP contribution >= 0.6 is 11.6 Å². The van der Waals surface area contributed by atoms with Gasteiger partial charge in [-0.25, -0.2) is 4.98 Å². The number of hydrogen-bond donors (Lipinski definition) is 1. The molecule has 0 fully saturated rings. The summed E-state index contributed by atoms with van der Waals surface area (Å²) in [5.41, 5.74) is 2.58. The highest BCUT2D eigenvalue weighted by atomic mass is 35.5. The van der Waals surface area contributed by atoms with Crippen LogP contribution in [0.5, 0.6) is 0 Å². The molecule has 1 N–H and O–H groups in total. The minimum Gasteiger partial charge on any atom is -0.371 e. The normalized spacial score (nSPS) is 10.9. The van der Waals surface area contributed by atoms with Crippen LogP contribution in [0.2, 0.25) is 0 Å². The third-order valence-corrected chi connectivity index (χ3v) is 4.02. The number of rotatable bonds is 5. The van der Waals surface area contributed by atoms with Gasteiger partial charge in [-0.2, -0.15) is 0 Å². The molecule has 0 saturated heterocycles. The van der Waals surface area contributed by atoms with Crippen LogP contribution in [0, 0.1) is 0 Å². The lowest BCUT2D eigenvalue weighted by Crippen LogP contribution is -2.24. The number of anilines is 1. The minimum atomic E-state index is -0.119. The Morgan fingerprint density at radius 2 is 1.87 bits per heavy atom. The van der Waals surface area contributed by atoms with Crippen molar-refractivity contribution in [2.24, 2.45) is 0 Å². The molecule has 0 unspecified atom stereocenters. The zero-order valence-corrected chi connectivity index (χ0v) is 13.7. The van der Waals surface area contributed by atoms with E-state index in [2.05, 4.69) is 21.8 Å². The second-order valence-corrected chi connectivity index (χ2v) is 5.63. The zero-order valence-electron chi connectivity index (χ0n) is 12.9. The molecular weight excluding hydrogens is 310 g/mol. The third kappa shape index (κ3) is 3.22. The first-order chi connectivity index (χ1) is 11.2. The number of nitrogens with zero attached hydrogens (tertiary/aromatic N) is 2. The minimum absolute atomic E-state index is 0.119. The highest BCUT2D eigenvalue weighted by molar-refractivity contribution is 6.18. The van der Waals surface area contributed by atoms with Crippen molar-refractivity contribution in [2.75, 3.05) is 23.9 Å². The van der Waals surface area contributed by atoms with E-state index in [-0.39, 0.29) is 5.56 Å². The van der Waals surface area contributed by atoms with Crippen LogP contribution in [0.1, 0.15) is 6.92 Å². The largest absolute Gasteiger partial charge is 0.371 e. The number of halogens is 1. The van der Waals surface area contributed by atoms with E-state index in [0.29, 0.717) is 22.6 Å². The van der Waals surface area contributed by atoms with Crippen molar-refractivity contribution in [3.05, 3.63) is 58.9 Å². The molecule has 0 saturated carbocycles. The molecule has 5 heteroatoms. The molecule has 3 aromatic rings. The number of para-hydroxylation sites is 1. The molecule has 4 nitrogen and oxygen atoms in total. The van der Waals surface area contributed by atoms with E-state index >= 15 is 0 Å². The van der Waals surface area contributed by atoms with Crippen LogP contribution < -0.4 is 10.5 Å². The maximum atomic E-state index is 12.2. The second kappa shape index (κ2) is 6.84. The lowest BCUT2D eigenvalue weighted by atomic mass is 10.1. The number of aromatic amines is 1. The van der Waals surface area contributed by atoms with Crippen molar-refractivity contribution in [3.63, 3.8) is 0 Å². The van der Waals surface area contributed by atoms with Crippen molar-refractivity contribution >= 4 is 28.2 Å². The van der Waals surface area contributed by atoms with Gasteiger partial charge in [-0.05, 0) is 43.3 Å². The predicted octanol–water partition coefficient (Wildman–Crippen LogP) is 3.66. The van der Waals surface area contributed by atoms with Crippen molar-refractivity contribution < 1.29 is 0 Å². The summed E-state index contributed by atoms with van der Waals surface area (Å²) in [6.45, 7) is 3.81. The number of hydrogen-bond acceptors (Lipinski definition) is 3. The van der Waals surface area contributed by atoms with Crippen LogP contribution in [-0.4, -0.2) is 28.9 Å². The lowest BCUT2D eigenvalue weighted by molar-refractivity contribution is 0.870. The zero-order chi connectivity index (χ0) is 16.2. The molecule has 3 rings (SSSR count). The van der Waals surface area contributed by atoms with Gasteiger partial charge in [0.05, 0.1) is 10.9 Å². The van der Waals surface area contributed by atoms with E-state index in [0.717, 1.165) is 24.3 Å². The van der Waals surface area contributed by atoms with Gasteiger partial charge in [-0.1, -0.05) is 12.1 Å². The molecule has 1 heterocycles. The van der Waals surface area contributed by atoms with Gasteiger partial charge < -0.3 is 9.88 Å². The molecule has 0 aliphatic carbocycles. The van der Waals surface area contributed by atoms with Crippen molar-refractivity contribution in [3.8, 4) is 11.4 Å². The summed E-state index contributed by atoms with van der Waals surface area (Å²) >= 11 is 5.83. The molecule has 118 valence electrons. The van der Waals surface area contributed by atoms with E-state index in [1.54, 1.807) is 6.07 Å². The van der Waals surface area contributed by atoms with Gasteiger partial charge in [0.25, 0.3) is 5.56 Å². The van der Waals surface area contributed by atoms with Gasteiger partial charge in [0.2, 0.25) is 0 Å². The van der Waals surface area contributed by atoms with Gasteiger partial charge in [-0.15, -0.1) is 11.6 Å². The Morgan fingerprint density at radius 1 is 1.13 bits per heavy atom. The molecule has 2 aromatic carbocycles. The van der Waals surface area contributed by atoms with Gasteiger partial charge in [-0.3, -0.25) is 4.79 Å². The first-order valence-corrected chi connectivity index (χ1v) is 8.17. The summed E-state index contributed by atoms with van der Waals surface area (Å²) in [7, 11) is 0. The van der Waals surface area contributed by atoms with E-state index in [1.807, 2.05) is 42.5 Å². The maximum Gasteiger partial charge on any atom is 0.259 e. The number of aromatic nitrogens is 2. The number of fused-ring (bicyclic) bond motifs is 1. The van der Waals surface area contributed by atoms with Crippen LogP contribution in [0.15, 0.2) is 53.3 Å². The van der Waals surface area contributed by atoms with Crippen LogP contribution in [0.4, 0.5) is 5.69 Å². The number of alkyl halides is 1. The Balaban J connectivity index is 1.98. The fraction of sp³-hybridized carbons (Fsp3) is 0.222. The van der Waals surface area contributed by atoms with Crippen molar-refractivity contribution in [1.29, 1.82) is 0 Å². The molecule has 23 heavy (non-hydrogen) atoms. The summed E-state index contributed by atoms with van der Waals surface area (Å²) in [6, 6.07) is 15.3. The molecule has 1 aromatic heterocycles. The molecule has 0 amide bonds. The van der Waals surface area contributed by atoms with Gasteiger partial charge in [0.15, 0.2) is 0 Å². The highest BCUT2D eigenvalue weighted by Gasteiger charge is 2.07. The lowest BCUT2D eigenvalue weighted by Gasteiger charge is -2.22. The van der Waals surface area contributed by atoms with Crippen molar-refractivity contribution in [1.82, 2.24) is 9.97 Å². The maximum absolute atomic E-state index is 12.2. The summed E-state index contributed by atoms with van der Waals surface area (Å²) in [5.74, 6) is 1.18. The van der Waals surface area contributed by atoms with E-state index in [4.69, 9.17) is 11.6 Å². The predicted molar refractivity (Wildman–Crippen MR) is 96.4 cm³/mol. The smallest absolute Gasteiger partial charge is 0.259 e. The Bertz CT molecular complexity index is 858. The third-order valence-electron chi connectivity index (χ3n) is 3.85. The standard InChI is InChI=1S/C18H18ClN3O/c1-2-22(12-11-19)14-9-7-13(8-10-14)17-20-16-6-4-3-5-15(16)18(23)21-17/h3-10H,2,11-12H2,1H3,(H,20,21,23). The second-order valence-electron chi connectivity index (χ2n) is 5.25. The SMILES string of the molecule is CCN(CCCl)c1ccc(-c2nc3ccccc3c(=O)[nH]2)cc1. The summed E-state index contributed by atoms with van der Waals surface area (Å²) < 4.78 is 0. The number of benzene rings is 2. The number of nitrogens with one attached hydrogen (secondary N) is 1. The van der Waals surface area contributed by atoms with E-state index in [9.17, 15) is 4.79 Å². The monoisotopic (exact) mass is 327 g/mol. The Hall–Kier alpha value is -2.33. The summed E-state index contributed by atoms with van der Waals surface area (Å²) in [5, 5.41) is 0.604. The Morgan fingerprint density at radius 3 is 2.57 bits per heavy atom. The summed E-state index contributed by atoms with van der Waals surface area (Å²) in [6.07, 6.45) is 0. The van der Waals surface area contributed by atoms with Crippen molar-refractivity contribution in [2.45, 2.75) is 6.92 Å². The highest BCUT2D eigenvalue weighted by Crippen LogP contribution is 2.21. The molecular formula is C18H18ClN3O. The average Bonchev–Trinajstić information content (AvgIpc) is 2.60. The number of H-pyrrole nitrogens is 1. The van der Waals surface area contributed by atoms with E-state index in [1.165, 1.54) is 0 Å². The summed E-state index contributed by atoms with van der Waals surface area (Å²) in [4.78, 5) is 21.8. The molecule has 0 bridgehead atoms. The molecule has 0 aliphatic rings. The molecule has 0 radical (unpaired) electrons. The fourth-order valence-corrected chi connectivity index (χ4v) is 2.83. The van der Waals surface area contributed by atoms with Gasteiger partial charge in [0, 0.05) is 30.2 Å². The molecule has 0 atom stereocenters. The Kier molecular flexibility index (Phi) is 4.63. The quantitative estimate of drug-likeness (QED) is 0.728. The first kappa shape index (κ1) is 15.6. The Labute approximate surface area is 139 Å². The molecule has 0 aliphatic heterocycles. The van der Waals surface area contributed by atoms with Crippen LogP contribution in [-0.2, 0) is 0 Å².